The van der Waals surface area contributed by atoms with E-state index < -0.39 is 24.5 Å². The highest BCUT2D eigenvalue weighted by Crippen LogP contribution is 2.40. The summed E-state index contributed by atoms with van der Waals surface area (Å²) < 4.78 is 39.2. The minimum absolute atomic E-state index is 0.0728. The fourth-order valence-electron chi connectivity index (χ4n) is 2.02. The molecule has 0 bridgehead atoms. The fraction of sp³-hybridized carbons (Fsp3) is 0.231. The summed E-state index contributed by atoms with van der Waals surface area (Å²) in [5.74, 6) is -3.64. The van der Waals surface area contributed by atoms with Crippen LogP contribution < -0.4 is 0 Å². The zero-order chi connectivity index (χ0) is 14.9. The molecule has 3 nitrogen and oxygen atoms in total. The SMILES string of the molecule is O=C(O)CC(c1ccc(Cl)c2cccnc12)C(F)(F)F. The first-order chi connectivity index (χ1) is 9.30. The zero-order valence-corrected chi connectivity index (χ0v) is 10.7. The molecule has 0 aliphatic rings. The Balaban J connectivity index is 2.65. The molecule has 0 aliphatic carbocycles. The van der Waals surface area contributed by atoms with Crippen molar-refractivity contribution >= 4 is 28.5 Å². The molecular weight excluding hydrogens is 295 g/mol. The number of hydrogen-bond donors (Lipinski definition) is 1. The smallest absolute Gasteiger partial charge is 0.396 e. The van der Waals surface area contributed by atoms with Crippen molar-refractivity contribution < 1.29 is 23.1 Å². The molecule has 0 radical (unpaired) electrons. The molecule has 0 aliphatic heterocycles. The van der Waals surface area contributed by atoms with Crippen molar-refractivity contribution in [3.8, 4) is 0 Å². The minimum atomic E-state index is -4.67. The third-order valence-corrected chi connectivity index (χ3v) is 3.23. The molecule has 7 heteroatoms. The molecule has 0 amide bonds. The van der Waals surface area contributed by atoms with Crippen molar-refractivity contribution in [2.45, 2.75) is 18.5 Å². The molecule has 0 fully saturated rings. The second kappa shape index (κ2) is 5.28. The highest BCUT2D eigenvalue weighted by molar-refractivity contribution is 6.35. The summed E-state index contributed by atoms with van der Waals surface area (Å²) >= 11 is 5.92. The van der Waals surface area contributed by atoms with E-state index in [1.165, 1.54) is 18.3 Å². The van der Waals surface area contributed by atoms with E-state index in [2.05, 4.69) is 4.98 Å². The number of hydrogen-bond acceptors (Lipinski definition) is 2. The van der Waals surface area contributed by atoms with Crippen molar-refractivity contribution in [3.05, 3.63) is 41.0 Å². The van der Waals surface area contributed by atoms with Crippen LogP contribution in [-0.4, -0.2) is 22.2 Å². The predicted octanol–water partition coefficient (Wildman–Crippen LogP) is 4.01. The highest BCUT2D eigenvalue weighted by Gasteiger charge is 2.43. The molecular formula is C13H9ClF3NO2. The third-order valence-electron chi connectivity index (χ3n) is 2.90. The van der Waals surface area contributed by atoms with Crippen LogP contribution in [0.2, 0.25) is 5.02 Å². The first kappa shape index (κ1) is 14.6. The highest BCUT2D eigenvalue weighted by atomic mass is 35.5. The van der Waals surface area contributed by atoms with Gasteiger partial charge in [0, 0.05) is 16.6 Å². The Morgan fingerprint density at radius 3 is 2.65 bits per heavy atom. The minimum Gasteiger partial charge on any atom is -0.481 e. The van der Waals surface area contributed by atoms with Crippen LogP contribution in [-0.2, 0) is 4.79 Å². The number of aromatic nitrogens is 1. The van der Waals surface area contributed by atoms with Gasteiger partial charge in [0.2, 0.25) is 0 Å². The number of fused-ring (bicyclic) bond motifs is 1. The summed E-state index contributed by atoms with van der Waals surface area (Å²) in [6.07, 6.45) is -4.37. The molecule has 2 rings (SSSR count). The Morgan fingerprint density at radius 1 is 1.35 bits per heavy atom. The maximum atomic E-state index is 13.1. The average Bonchev–Trinajstić information content (AvgIpc) is 2.36. The molecule has 1 atom stereocenters. The summed E-state index contributed by atoms with van der Waals surface area (Å²) in [4.78, 5) is 14.6. The van der Waals surface area contributed by atoms with E-state index in [0.717, 1.165) is 0 Å². The van der Waals surface area contributed by atoms with Gasteiger partial charge in [-0.15, -0.1) is 0 Å². The van der Waals surface area contributed by atoms with E-state index in [4.69, 9.17) is 16.7 Å². The third kappa shape index (κ3) is 2.85. The lowest BCUT2D eigenvalue weighted by molar-refractivity contribution is -0.163. The van der Waals surface area contributed by atoms with Crippen LogP contribution >= 0.6 is 11.6 Å². The number of alkyl halides is 3. The lowest BCUT2D eigenvalue weighted by Crippen LogP contribution is -2.24. The molecule has 2 aromatic rings. The zero-order valence-electron chi connectivity index (χ0n) is 9.99. The van der Waals surface area contributed by atoms with E-state index in [1.54, 1.807) is 12.1 Å². The number of pyridine rings is 1. The summed E-state index contributed by atoms with van der Waals surface area (Å²) in [5, 5.41) is 9.33. The molecule has 106 valence electrons. The van der Waals surface area contributed by atoms with Crippen LogP contribution in [0.25, 0.3) is 10.9 Å². The average molecular weight is 304 g/mol. The lowest BCUT2D eigenvalue weighted by atomic mass is 9.93. The van der Waals surface area contributed by atoms with E-state index in [9.17, 15) is 18.0 Å². The maximum absolute atomic E-state index is 13.1. The van der Waals surface area contributed by atoms with Gasteiger partial charge < -0.3 is 5.11 Å². The van der Waals surface area contributed by atoms with Gasteiger partial charge in [0.1, 0.15) is 0 Å². The van der Waals surface area contributed by atoms with Gasteiger partial charge in [0.25, 0.3) is 0 Å². The van der Waals surface area contributed by atoms with Gasteiger partial charge in [0.15, 0.2) is 0 Å². The number of halogens is 4. The monoisotopic (exact) mass is 303 g/mol. The Hall–Kier alpha value is -1.82. The molecule has 0 spiro atoms. The molecule has 20 heavy (non-hydrogen) atoms. The van der Waals surface area contributed by atoms with Gasteiger partial charge in [-0.25, -0.2) is 0 Å². The van der Waals surface area contributed by atoms with Gasteiger partial charge in [-0.1, -0.05) is 17.7 Å². The van der Waals surface area contributed by atoms with E-state index in [0.29, 0.717) is 5.39 Å². The molecule has 1 N–H and O–H groups in total. The molecule has 1 aromatic heterocycles. The van der Waals surface area contributed by atoms with Crippen molar-refractivity contribution in [1.29, 1.82) is 0 Å². The number of carbonyl (C=O) groups is 1. The number of nitrogens with zero attached hydrogens (tertiary/aromatic N) is 1. The number of aliphatic carboxylic acids is 1. The number of rotatable bonds is 3. The van der Waals surface area contributed by atoms with Crippen molar-refractivity contribution in [2.75, 3.05) is 0 Å². The van der Waals surface area contributed by atoms with Gasteiger partial charge in [0.05, 0.1) is 17.9 Å². The normalized spacial score (nSPS) is 13.4. The first-order valence-corrected chi connectivity index (χ1v) is 6.00. The predicted molar refractivity (Wildman–Crippen MR) is 67.8 cm³/mol. The lowest BCUT2D eigenvalue weighted by Gasteiger charge is -2.20. The number of carboxylic acid groups (broad SMARTS) is 1. The van der Waals surface area contributed by atoms with Crippen LogP contribution in [0.5, 0.6) is 0 Å². The second-order valence-electron chi connectivity index (χ2n) is 4.23. The van der Waals surface area contributed by atoms with E-state index >= 15 is 0 Å². The molecule has 1 aromatic carbocycles. The Morgan fingerprint density at radius 2 is 2.05 bits per heavy atom. The van der Waals surface area contributed by atoms with Crippen molar-refractivity contribution in [3.63, 3.8) is 0 Å². The van der Waals surface area contributed by atoms with Crippen LogP contribution in [0.1, 0.15) is 17.9 Å². The van der Waals surface area contributed by atoms with Crippen LogP contribution in [0.4, 0.5) is 13.2 Å². The Labute approximate surface area is 117 Å². The maximum Gasteiger partial charge on any atom is 0.396 e. The van der Waals surface area contributed by atoms with Gasteiger partial charge >= 0.3 is 12.1 Å². The first-order valence-electron chi connectivity index (χ1n) is 5.62. The second-order valence-corrected chi connectivity index (χ2v) is 4.64. The number of benzene rings is 1. The summed E-state index contributed by atoms with van der Waals surface area (Å²) in [6.45, 7) is 0. The quantitative estimate of drug-likeness (QED) is 0.932. The fourth-order valence-corrected chi connectivity index (χ4v) is 2.23. The molecule has 1 heterocycles. The molecule has 0 saturated heterocycles. The van der Waals surface area contributed by atoms with Gasteiger partial charge in [-0.3, -0.25) is 9.78 Å². The summed E-state index contributed by atoms with van der Waals surface area (Å²) in [6, 6.07) is 5.60. The Bertz CT molecular complexity index is 658. The van der Waals surface area contributed by atoms with Crippen LogP contribution in [0, 0.1) is 0 Å². The van der Waals surface area contributed by atoms with Gasteiger partial charge in [-0.2, -0.15) is 13.2 Å². The van der Waals surface area contributed by atoms with Crippen LogP contribution in [0.15, 0.2) is 30.5 Å². The van der Waals surface area contributed by atoms with E-state index in [1.807, 2.05) is 0 Å². The number of carboxylic acids is 1. The summed E-state index contributed by atoms with van der Waals surface area (Å²) in [5.41, 5.74) is -0.108. The Kier molecular flexibility index (Phi) is 3.85. The molecule has 1 unspecified atom stereocenters. The standard InChI is InChI=1S/C13H9ClF3NO2/c14-10-4-3-7(12-8(10)2-1-5-18-12)9(6-11(19)20)13(15,16)17/h1-5,9H,6H2,(H,19,20). The van der Waals surface area contributed by atoms with E-state index in [-0.39, 0.29) is 16.1 Å². The molecule has 0 saturated carbocycles. The van der Waals surface area contributed by atoms with Gasteiger partial charge in [-0.05, 0) is 23.8 Å². The van der Waals surface area contributed by atoms with Crippen LogP contribution in [0.3, 0.4) is 0 Å². The van der Waals surface area contributed by atoms with Crippen molar-refractivity contribution in [1.82, 2.24) is 4.98 Å². The van der Waals surface area contributed by atoms with Crippen molar-refractivity contribution in [2.24, 2.45) is 0 Å². The topological polar surface area (TPSA) is 50.2 Å². The summed E-state index contributed by atoms with van der Waals surface area (Å²) in [7, 11) is 0. The largest absolute Gasteiger partial charge is 0.481 e.